The Bertz CT molecular complexity index is 1020. The van der Waals surface area contributed by atoms with Crippen molar-refractivity contribution in [2.24, 2.45) is 0 Å². The fraction of sp³-hybridized carbons (Fsp3) is 0.348. The SMILES string of the molecule is CCCCCNC(=O)c1nc(C(=O)Nc2c(C)cccc2CC)n2ccccc12. The van der Waals surface area contributed by atoms with Crippen molar-refractivity contribution in [3.63, 3.8) is 0 Å². The Morgan fingerprint density at radius 3 is 2.62 bits per heavy atom. The molecule has 6 heteroatoms. The smallest absolute Gasteiger partial charge is 0.292 e. The molecule has 0 aliphatic rings. The second kappa shape index (κ2) is 9.37. The van der Waals surface area contributed by atoms with E-state index in [0.29, 0.717) is 12.1 Å². The molecular formula is C23H28N4O2. The molecule has 6 nitrogen and oxygen atoms in total. The number of fused-ring (bicyclic) bond motifs is 1. The number of para-hydroxylation sites is 1. The van der Waals surface area contributed by atoms with E-state index in [0.717, 1.165) is 42.5 Å². The number of aromatic nitrogens is 2. The van der Waals surface area contributed by atoms with Gasteiger partial charge in [0.1, 0.15) is 0 Å². The fourth-order valence-electron chi connectivity index (χ4n) is 3.40. The van der Waals surface area contributed by atoms with Crippen LogP contribution in [0, 0.1) is 6.92 Å². The van der Waals surface area contributed by atoms with Gasteiger partial charge in [0.15, 0.2) is 5.69 Å². The van der Waals surface area contributed by atoms with E-state index in [2.05, 4.69) is 29.5 Å². The molecule has 0 aliphatic heterocycles. The molecule has 0 aliphatic carbocycles. The molecule has 152 valence electrons. The van der Waals surface area contributed by atoms with Crippen molar-refractivity contribution in [3.8, 4) is 0 Å². The van der Waals surface area contributed by atoms with Gasteiger partial charge in [-0.1, -0.05) is 51.0 Å². The highest BCUT2D eigenvalue weighted by Crippen LogP contribution is 2.22. The van der Waals surface area contributed by atoms with Crippen LogP contribution < -0.4 is 10.6 Å². The van der Waals surface area contributed by atoms with Gasteiger partial charge in [0.2, 0.25) is 5.82 Å². The first-order valence-electron chi connectivity index (χ1n) is 10.2. The van der Waals surface area contributed by atoms with Gasteiger partial charge >= 0.3 is 0 Å². The monoisotopic (exact) mass is 392 g/mol. The van der Waals surface area contributed by atoms with Crippen LogP contribution in [0.2, 0.25) is 0 Å². The van der Waals surface area contributed by atoms with E-state index < -0.39 is 0 Å². The molecule has 2 N–H and O–H groups in total. The van der Waals surface area contributed by atoms with Crippen LogP contribution in [0.1, 0.15) is 65.3 Å². The summed E-state index contributed by atoms with van der Waals surface area (Å²) >= 11 is 0. The topological polar surface area (TPSA) is 75.5 Å². The Labute approximate surface area is 171 Å². The van der Waals surface area contributed by atoms with Crippen molar-refractivity contribution in [1.82, 2.24) is 14.7 Å². The van der Waals surface area contributed by atoms with Gasteiger partial charge in [-0.15, -0.1) is 0 Å². The fourth-order valence-corrected chi connectivity index (χ4v) is 3.40. The van der Waals surface area contributed by atoms with Gasteiger partial charge < -0.3 is 10.6 Å². The molecular weight excluding hydrogens is 364 g/mol. The summed E-state index contributed by atoms with van der Waals surface area (Å²) in [5.41, 5.74) is 3.75. The van der Waals surface area contributed by atoms with Gasteiger partial charge in [0, 0.05) is 18.4 Å². The zero-order chi connectivity index (χ0) is 20.8. The summed E-state index contributed by atoms with van der Waals surface area (Å²) < 4.78 is 1.67. The molecule has 0 saturated carbocycles. The highest BCUT2D eigenvalue weighted by atomic mass is 16.2. The van der Waals surface area contributed by atoms with Crippen LogP contribution in [-0.4, -0.2) is 27.7 Å². The van der Waals surface area contributed by atoms with Crippen molar-refractivity contribution in [1.29, 1.82) is 0 Å². The zero-order valence-electron chi connectivity index (χ0n) is 17.3. The minimum Gasteiger partial charge on any atom is -0.351 e. The quantitative estimate of drug-likeness (QED) is 0.559. The summed E-state index contributed by atoms with van der Waals surface area (Å²) in [6.45, 7) is 6.74. The van der Waals surface area contributed by atoms with Crippen LogP contribution >= 0.6 is 0 Å². The third-order valence-corrected chi connectivity index (χ3v) is 5.01. The molecule has 0 fully saturated rings. The lowest BCUT2D eigenvalue weighted by Gasteiger charge is -2.12. The number of carbonyl (C=O) groups is 2. The Morgan fingerprint density at radius 2 is 1.86 bits per heavy atom. The molecule has 3 aromatic rings. The molecule has 0 atom stereocenters. The van der Waals surface area contributed by atoms with Crippen LogP contribution in [0.4, 0.5) is 5.69 Å². The Balaban J connectivity index is 1.90. The number of aryl methyl sites for hydroxylation is 2. The Kier molecular flexibility index (Phi) is 6.65. The Hall–Kier alpha value is -3.15. The minimum absolute atomic E-state index is 0.199. The molecule has 3 rings (SSSR count). The summed E-state index contributed by atoms with van der Waals surface area (Å²) in [7, 11) is 0. The molecule has 0 bridgehead atoms. The lowest BCUT2D eigenvalue weighted by atomic mass is 10.1. The molecule has 0 unspecified atom stereocenters. The predicted molar refractivity (Wildman–Crippen MR) is 116 cm³/mol. The number of benzene rings is 1. The summed E-state index contributed by atoms with van der Waals surface area (Å²) in [4.78, 5) is 30.1. The number of hydrogen-bond acceptors (Lipinski definition) is 3. The van der Waals surface area contributed by atoms with Crippen molar-refractivity contribution in [2.75, 3.05) is 11.9 Å². The van der Waals surface area contributed by atoms with E-state index >= 15 is 0 Å². The van der Waals surface area contributed by atoms with Crippen LogP contribution in [0.5, 0.6) is 0 Å². The molecule has 2 aromatic heterocycles. The van der Waals surface area contributed by atoms with E-state index in [1.807, 2.05) is 37.3 Å². The first-order valence-corrected chi connectivity index (χ1v) is 10.2. The maximum absolute atomic E-state index is 13.1. The third kappa shape index (κ3) is 4.47. The number of rotatable bonds is 8. The van der Waals surface area contributed by atoms with Gasteiger partial charge in [0.25, 0.3) is 11.8 Å². The van der Waals surface area contributed by atoms with Crippen LogP contribution in [-0.2, 0) is 6.42 Å². The number of amides is 2. The maximum Gasteiger partial charge on any atom is 0.292 e. The van der Waals surface area contributed by atoms with Crippen molar-refractivity contribution in [2.45, 2.75) is 46.5 Å². The number of anilines is 1. The highest BCUT2D eigenvalue weighted by Gasteiger charge is 2.22. The lowest BCUT2D eigenvalue weighted by Crippen LogP contribution is -2.25. The first kappa shape index (κ1) is 20.6. The summed E-state index contributed by atoms with van der Waals surface area (Å²) in [6, 6.07) is 11.4. The zero-order valence-corrected chi connectivity index (χ0v) is 17.3. The molecule has 0 spiro atoms. The van der Waals surface area contributed by atoms with Gasteiger partial charge in [-0.3, -0.25) is 14.0 Å². The van der Waals surface area contributed by atoms with Crippen LogP contribution in [0.3, 0.4) is 0 Å². The highest BCUT2D eigenvalue weighted by molar-refractivity contribution is 6.06. The second-order valence-corrected chi connectivity index (χ2v) is 7.12. The number of pyridine rings is 1. The van der Waals surface area contributed by atoms with Gasteiger partial charge in [-0.25, -0.2) is 4.98 Å². The summed E-state index contributed by atoms with van der Waals surface area (Å²) in [6.07, 6.45) is 5.64. The van der Waals surface area contributed by atoms with E-state index in [1.165, 1.54) is 0 Å². The molecule has 0 saturated heterocycles. The first-order chi connectivity index (χ1) is 14.1. The van der Waals surface area contributed by atoms with E-state index in [4.69, 9.17) is 0 Å². The normalized spacial score (nSPS) is 10.9. The minimum atomic E-state index is -0.333. The van der Waals surface area contributed by atoms with Gasteiger partial charge in [-0.05, 0) is 43.0 Å². The molecule has 2 amide bonds. The third-order valence-electron chi connectivity index (χ3n) is 5.01. The number of carbonyl (C=O) groups excluding carboxylic acids is 2. The average molecular weight is 393 g/mol. The van der Waals surface area contributed by atoms with Gasteiger partial charge in [0.05, 0.1) is 5.52 Å². The van der Waals surface area contributed by atoms with Gasteiger partial charge in [-0.2, -0.15) is 0 Å². The standard InChI is InChI=1S/C23H28N4O2/c1-4-6-8-14-24-22(28)20-18-13-7-9-15-27(18)21(25-20)23(29)26-19-16(3)11-10-12-17(19)5-2/h7,9-13,15H,4-6,8,14H2,1-3H3,(H,24,28)(H,26,29). The largest absolute Gasteiger partial charge is 0.351 e. The predicted octanol–water partition coefficient (Wildman–Crippen LogP) is 4.38. The van der Waals surface area contributed by atoms with Crippen LogP contribution in [0.15, 0.2) is 42.6 Å². The van der Waals surface area contributed by atoms with Crippen LogP contribution in [0.25, 0.3) is 5.52 Å². The maximum atomic E-state index is 13.1. The molecule has 0 radical (unpaired) electrons. The van der Waals surface area contributed by atoms with E-state index in [-0.39, 0.29) is 23.3 Å². The average Bonchev–Trinajstić information content (AvgIpc) is 3.12. The lowest BCUT2D eigenvalue weighted by molar-refractivity contribution is 0.0950. The summed E-state index contributed by atoms with van der Waals surface area (Å²) in [5, 5.41) is 5.91. The van der Waals surface area contributed by atoms with Crippen molar-refractivity contribution >= 4 is 23.0 Å². The molecule has 2 heterocycles. The van der Waals surface area contributed by atoms with E-state index in [9.17, 15) is 9.59 Å². The van der Waals surface area contributed by atoms with Crippen molar-refractivity contribution < 1.29 is 9.59 Å². The number of nitrogens with one attached hydrogen (secondary N) is 2. The number of unbranched alkanes of at least 4 members (excludes halogenated alkanes) is 2. The molecule has 29 heavy (non-hydrogen) atoms. The Morgan fingerprint density at radius 1 is 1.03 bits per heavy atom. The number of hydrogen-bond donors (Lipinski definition) is 2. The number of nitrogens with zero attached hydrogens (tertiary/aromatic N) is 2. The molecule has 1 aromatic carbocycles. The van der Waals surface area contributed by atoms with Crippen molar-refractivity contribution in [3.05, 3.63) is 65.2 Å². The van der Waals surface area contributed by atoms with E-state index in [1.54, 1.807) is 16.7 Å². The second-order valence-electron chi connectivity index (χ2n) is 7.12. The summed E-state index contributed by atoms with van der Waals surface area (Å²) in [5.74, 6) is -0.390. The number of imidazole rings is 1.